The molecule has 0 aromatic rings. The average Bonchev–Trinajstić information content (AvgIpc) is 2.34. The van der Waals surface area contributed by atoms with Gasteiger partial charge in [-0.05, 0) is 0 Å². The molecule has 2 N–H and O–H groups in total. The number of fused-ring (bicyclic) bond motifs is 1. The highest BCUT2D eigenvalue weighted by atomic mass is 16.3. The van der Waals surface area contributed by atoms with Crippen LogP contribution < -0.4 is 0 Å². The van der Waals surface area contributed by atoms with Gasteiger partial charge < -0.3 is 10.2 Å². The van der Waals surface area contributed by atoms with Crippen LogP contribution in [-0.2, 0) is 0 Å². The summed E-state index contributed by atoms with van der Waals surface area (Å²) in [7, 11) is 0. The summed E-state index contributed by atoms with van der Waals surface area (Å²) < 4.78 is 0. The Kier molecular flexibility index (Phi) is 1.06. The third-order valence-electron chi connectivity index (χ3n) is 1.45. The van der Waals surface area contributed by atoms with Crippen molar-refractivity contribution in [2.45, 2.75) is 6.42 Å². The van der Waals surface area contributed by atoms with Gasteiger partial charge >= 0.3 is 0 Å². The molecular formula is C6H5N3O2. The highest BCUT2D eigenvalue weighted by molar-refractivity contribution is 6.22. The van der Waals surface area contributed by atoms with E-state index < -0.39 is 0 Å². The predicted molar refractivity (Wildman–Crippen MR) is 40.3 cm³/mol. The zero-order chi connectivity index (χ0) is 7.84. The molecule has 0 saturated carbocycles. The number of hydrogen-bond donors (Lipinski definition) is 2. The van der Waals surface area contributed by atoms with Crippen molar-refractivity contribution in [3.8, 4) is 0 Å². The maximum Gasteiger partial charge on any atom is 0.195 e. The molecule has 0 amide bonds. The molecule has 0 atom stereocenters. The van der Waals surface area contributed by atoms with Crippen molar-refractivity contribution in [2.75, 3.05) is 0 Å². The Morgan fingerprint density at radius 3 is 3.00 bits per heavy atom. The lowest BCUT2D eigenvalue weighted by molar-refractivity contribution is 0.391. The van der Waals surface area contributed by atoms with Crippen molar-refractivity contribution in [1.29, 1.82) is 0 Å². The van der Waals surface area contributed by atoms with Gasteiger partial charge in [-0.25, -0.2) is 0 Å². The third kappa shape index (κ3) is 0.813. The topological polar surface area (TPSA) is 77.5 Å². The van der Waals surface area contributed by atoms with E-state index in [1.165, 1.54) is 6.21 Å². The summed E-state index contributed by atoms with van der Waals surface area (Å²) in [5.74, 6) is 0.222. The van der Waals surface area contributed by atoms with Crippen molar-refractivity contribution >= 4 is 17.9 Å². The van der Waals surface area contributed by atoms with Crippen LogP contribution in [0.1, 0.15) is 6.42 Å². The summed E-state index contributed by atoms with van der Waals surface area (Å²) in [5, 5.41) is 25.3. The Labute approximate surface area is 62.1 Å². The van der Waals surface area contributed by atoms with Crippen LogP contribution in [0.25, 0.3) is 0 Å². The molecule has 2 aliphatic rings. The summed E-state index contributed by atoms with van der Waals surface area (Å²) in [6, 6.07) is 0. The van der Waals surface area contributed by atoms with Gasteiger partial charge in [-0.15, -0.1) is 5.10 Å². The Balaban J connectivity index is 2.49. The lowest BCUT2D eigenvalue weighted by Crippen LogP contribution is -2.13. The molecule has 5 heteroatoms. The van der Waals surface area contributed by atoms with Crippen molar-refractivity contribution in [1.82, 2.24) is 0 Å². The van der Waals surface area contributed by atoms with Crippen LogP contribution in [0, 0.1) is 0 Å². The molecule has 0 spiro atoms. The largest absolute Gasteiger partial charge is 0.511 e. The highest BCUT2D eigenvalue weighted by Gasteiger charge is 2.21. The van der Waals surface area contributed by atoms with Gasteiger partial charge in [0.25, 0.3) is 0 Å². The van der Waals surface area contributed by atoms with E-state index >= 15 is 0 Å². The van der Waals surface area contributed by atoms with Crippen LogP contribution in [0.15, 0.2) is 26.5 Å². The third-order valence-corrected chi connectivity index (χ3v) is 1.45. The summed E-state index contributed by atoms with van der Waals surface area (Å²) in [6.45, 7) is 0. The maximum atomic E-state index is 9.22. The van der Waals surface area contributed by atoms with Crippen molar-refractivity contribution in [3.05, 3.63) is 11.3 Å². The molecule has 0 fully saturated rings. The van der Waals surface area contributed by atoms with Crippen molar-refractivity contribution < 1.29 is 10.2 Å². The van der Waals surface area contributed by atoms with E-state index in [9.17, 15) is 5.11 Å². The monoisotopic (exact) mass is 151 g/mol. The minimum absolute atomic E-state index is 0.0671. The van der Waals surface area contributed by atoms with Gasteiger partial charge in [-0.3, -0.25) is 0 Å². The van der Waals surface area contributed by atoms with E-state index in [4.69, 9.17) is 5.11 Å². The molecule has 11 heavy (non-hydrogen) atoms. The standard InChI is InChI=1S/C6H5N3O2/c10-4-1-5(11)8-6-3(4)2-7-9-6/h2,10H,1H2,(H,8,9,11). The first-order chi connectivity index (χ1) is 5.27. The molecule has 0 unspecified atom stereocenters. The van der Waals surface area contributed by atoms with Gasteiger partial charge in [0.1, 0.15) is 5.76 Å². The summed E-state index contributed by atoms with van der Waals surface area (Å²) in [5.41, 5.74) is 0.503. The van der Waals surface area contributed by atoms with Gasteiger partial charge in [0.05, 0.1) is 18.2 Å². The molecule has 0 aliphatic carbocycles. The Morgan fingerprint density at radius 1 is 1.36 bits per heavy atom. The van der Waals surface area contributed by atoms with E-state index in [-0.39, 0.29) is 23.9 Å². The molecule has 0 aromatic heterocycles. The minimum atomic E-state index is -0.129. The van der Waals surface area contributed by atoms with Crippen LogP contribution in [0.2, 0.25) is 0 Å². The zero-order valence-corrected chi connectivity index (χ0v) is 5.52. The fraction of sp³-hybridized carbons (Fsp3) is 0.167. The second kappa shape index (κ2) is 1.91. The van der Waals surface area contributed by atoms with E-state index in [1.807, 2.05) is 0 Å². The van der Waals surface area contributed by atoms with E-state index in [2.05, 4.69) is 15.2 Å². The Bertz CT molecular complexity index is 325. The first-order valence-corrected chi connectivity index (χ1v) is 3.07. The Hall–Kier alpha value is -1.65. The quantitative estimate of drug-likeness (QED) is 0.530. The lowest BCUT2D eigenvalue weighted by Gasteiger charge is -2.07. The SMILES string of the molecule is OC1=NC2=NN=CC2=C(O)C1. The van der Waals surface area contributed by atoms with E-state index in [1.54, 1.807) is 0 Å². The molecule has 2 aliphatic heterocycles. The molecular weight excluding hydrogens is 146 g/mol. The Morgan fingerprint density at radius 2 is 2.18 bits per heavy atom. The minimum Gasteiger partial charge on any atom is -0.511 e. The number of hydrogen-bond acceptors (Lipinski definition) is 4. The molecule has 0 aromatic carbocycles. The van der Waals surface area contributed by atoms with Gasteiger partial charge in [0, 0.05) is 0 Å². The number of amidine groups is 1. The first kappa shape index (κ1) is 6.09. The fourth-order valence-corrected chi connectivity index (χ4v) is 0.946. The molecule has 2 rings (SSSR count). The first-order valence-electron chi connectivity index (χ1n) is 3.07. The lowest BCUT2D eigenvalue weighted by atomic mass is 10.1. The summed E-state index contributed by atoms with van der Waals surface area (Å²) in [4.78, 5) is 3.67. The average molecular weight is 151 g/mol. The zero-order valence-electron chi connectivity index (χ0n) is 5.52. The number of aliphatic hydroxyl groups excluding tert-OH is 2. The molecule has 0 bridgehead atoms. The van der Waals surface area contributed by atoms with Crippen LogP contribution in [0.4, 0.5) is 0 Å². The highest BCUT2D eigenvalue weighted by Crippen LogP contribution is 2.17. The molecule has 5 nitrogen and oxygen atoms in total. The molecule has 2 heterocycles. The smallest absolute Gasteiger partial charge is 0.195 e. The van der Waals surface area contributed by atoms with Crippen molar-refractivity contribution in [2.24, 2.45) is 15.2 Å². The number of dihydropyridines is 1. The van der Waals surface area contributed by atoms with Gasteiger partial charge in [0.15, 0.2) is 11.7 Å². The van der Waals surface area contributed by atoms with Gasteiger partial charge in [-0.1, -0.05) is 0 Å². The predicted octanol–water partition coefficient (Wildman–Crippen LogP) is 0.557. The maximum absolute atomic E-state index is 9.22. The second-order valence-electron chi connectivity index (χ2n) is 2.23. The van der Waals surface area contributed by atoms with Crippen LogP contribution in [0.5, 0.6) is 0 Å². The van der Waals surface area contributed by atoms with Crippen LogP contribution >= 0.6 is 0 Å². The number of nitrogens with zero attached hydrogens (tertiary/aromatic N) is 3. The van der Waals surface area contributed by atoms with Crippen LogP contribution in [-0.4, -0.2) is 28.2 Å². The summed E-state index contributed by atoms with van der Waals surface area (Å²) in [6.07, 6.45) is 1.49. The summed E-state index contributed by atoms with van der Waals surface area (Å²) >= 11 is 0. The van der Waals surface area contributed by atoms with Gasteiger partial charge in [-0.2, -0.15) is 10.1 Å². The molecule has 56 valence electrons. The fourth-order valence-electron chi connectivity index (χ4n) is 0.946. The van der Waals surface area contributed by atoms with E-state index in [0.717, 1.165) is 0 Å². The number of rotatable bonds is 0. The molecule has 0 radical (unpaired) electrons. The molecule has 0 saturated heterocycles. The van der Waals surface area contributed by atoms with Gasteiger partial charge in [0.2, 0.25) is 0 Å². The normalized spacial score (nSPS) is 21.5. The van der Waals surface area contributed by atoms with Crippen LogP contribution in [0.3, 0.4) is 0 Å². The van der Waals surface area contributed by atoms with E-state index in [0.29, 0.717) is 5.57 Å². The van der Waals surface area contributed by atoms with Crippen molar-refractivity contribution in [3.63, 3.8) is 0 Å². The number of aliphatic hydroxyl groups is 2. The second-order valence-corrected chi connectivity index (χ2v) is 2.23. The number of aliphatic imine (C=N–C) groups is 1.